The van der Waals surface area contributed by atoms with Crippen molar-refractivity contribution in [2.24, 2.45) is 0 Å². The summed E-state index contributed by atoms with van der Waals surface area (Å²) in [7, 11) is -7.73. The lowest BCUT2D eigenvalue weighted by Gasteiger charge is -2.31. The van der Waals surface area contributed by atoms with Gasteiger partial charge in [-0.2, -0.15) is 0 Å². The highest BCUT2D eigenvalue weighted by Gasteiger charge is 2.29. The number of anilines is 2. The zero-order valence-corrected chi connectivity index (χ0v) is 18.5. The maximum Gasteiger partial charge on any atom is 0.264 e. The van der Waals surface area contributed by atoms with Crippen LogP contribution in [0.25, 0.3) is 0 Å². The Labute approximate surface area is 185 Å². The molecule has 31 heavy (non-hydrogen) atoms. The lowest BCUT2D eigenvalue weighted by molar-refractivity contribution is 0.586. The van der Waals surface area contributed by atoms with E-state index in [1.165, 1.54) is 10.4 Å². The smallest absolute Gasteiger partial charge is 0.264 e. The molecule has 0 spiro atoms. The van der Waals surface area contributed by atoms with E-state index >= 15 is 0 Å². The van der Waals surface area contributed by atoms with Gasteiger partial charge >= 0.3 is 0 Å². The number of nitrogens with one attached hydrogen (secondary N) is 1. The van der Waals surface area contributed by atoms with Crippen LogP contribution >= 0.6 is 11.6 Å². The van der Waals surface area contributed by atoms with Crippen molar-refractivity contribution < 1.29 is 21.2 Å². The quantitative estimate of drug-likeness (QED) is 0.586. The molecule has 0 fully saturated rings. The highest BCUT2D eigenvalue weighted by molar-refractivity contribution is 7.93. The monoisotopic (exact) mass is 480 g/mol. The highest BCUT2D eigenvalue weighted by atomic mass is 35.5. The van der Waals surface area contributed by atoms with Gasteiger partial charge in [0, 0.05) is 12.2 Å². The number of nitrogens with zero attached hydrogens (tertiary/aromatic N) is 1. The second-order valence-corrected chi connectivity index (χ2v) is 11.0. The van der Waals surface area contributed by atoms with Crippen LogP contribution in [0.3, 0.4) is 0 Å². The Kier molecular flexibility index (Phi) is 5.67. The molecule has 6 nitrogen and oxygen atoms in total. The minimum Gasteiger partial charge on any atom is -0.280 e. The first-order chi connectivity index (χ1) is 14.7. The van der Waals surface area contributed by atoms with Gasteiger partial charge in [0.05, 0.1) is 20.5 Å². The topological polar surface area (TPSA) is 83.6 Å². The molecular weight excluding hydrogens is 463 g/mol. The molecule has 0 saturated heterocycles. The summed E-state index contributed by atoms with van der Waals surface area (Å²) in [6, 6.07) is 16.0. The van der Waals surface area contributed by atoms with E-state index in [-0.39, 0.29) is 20.5 Å². The Morgan fingerprint density at radius 2 is 1.65 bits per heavy atom. The fraction of sp³-hybridized carbons (Fsp3) is 0.143. The van der Waals surface area contributed by atoms with E-state index < -0.39 is 25.9 Å². The van der Waals surface area contributed by atoms with Gasteiger partial charge in [-0.15, -0.1) is 0 Å². The number of benzene rings is 3. The van der Waals surface area contributed by atoms with Gasteiger partial charge in [0.15, 0.2) is 0 Å². The van der Waals surface area contributed by atoms with Gasteiger partial charge in [-0.3, -0.25) is 9.03 Å². The number of hydrogen-bond donors (Lipinski definition) is 1. The summed E-state index contributed by atoms with van der Waals surface area (Å²) >= 11 is 5.70. The molecule has 0 aliphatic carbocycles. The summed E-state index contributed by atoms with van der Waals surface area (Å²) in [5.41, 5.74) is 1.50. The second-order valence-electron chi connectivity index (χ2n) is 7.02. The maximum atomic E-state index is 13.4. The van der Waals surface area contributed by atoms with Crippen molar-refractivity contribution in [3.63, 3.8) is 0 Å². The molecule has 0 atom stereocenters. The fourth-order valence-corrected chi connectivity index (χ4v) is 6.34. The Morgan fingerprint density at radius 3 is 2.35 bits per heavy atom. The molecule has 1 aliphatic heterocycles. The predicted molar refractivity (Wildman–Crippen MR) is 118 cm³/mol. The van der Waals surface area contributed by atoms with Crippen LogP contribution < -0.4 is 9.03 Å². The molecule has 0 radical (unpaired) electrons. The first kappa shape index (κ1) is 21.6. The number of fused-ring (bicyclic) bond motifs is 1. The molecule has 0 bridgehead atoms. The standard InChI is InChI=1S/C21H18ClFN2O4S2/c22-19-14-18(9-10-20(19)23)30(26,27)24-16-8-11-21-15(13-16)5-4-12-25(21)31(28,29)17-6-2-1-3-7-17/h1-3,6-11,13-14,24H,4-5,12H2. The molecule has 0 saturated carbocycles. The van der Waals surface area contributed by atoms with Crippen LogP contribution in [0.1, 0.15) is 12.0 Å². The van der Waals surface area contributed by atoms with Crippen molar-refractivity contribution in [1.82, 2.24) is 0 Å². The second kappa shape index (κ2) is 8.14. The van der Waals surface area contributed by atoms with Crippen molar-refractivity contribution in [2.75, 3.05) is 15.6 Å². The number of halogens is 2. The Morgan fingerprint density at radius 1 is 0.903 bits per heavy atom. The molecule has 0 unspecified atom stereocenters. The summed E-state index contributed by atoms with van der Waals surface area (Å²) < 4.78 is 68.6. The average molecular weight is 481 g/mol. The van der Waals surface area contributed by atoms with Crippen LogP contribution in [0.4, 0.5) is 15.8 Å². The van der Waals surface area contributed by atoms with Gasteiger partial charge in [0.1, 0.15) is 5.82 Å². The van der Waals surface area contributed by atoms with Gasteiger partial charge in [0.2, 0.25) is 0 Å². The Balaban J connectivity index is 1.65. The normalized spacial score (nSPS) is 14.2. The predicted octanol–water partition coefficient (Wildman–Crippen LogP) is 4.42. The molecule has 0 amide bonds. The van der Waals surface area contributed by atoms with Crippen LogP contribution in [0, 0.1) is 5.82 Å². The number of sulfonamides is 2. The van der Waals surface area contributed by atoms with Gasteiger partial charge in [-0.05, 0) is 66.9 Å². The third-order valence-electron chi connectivity index (χ3n) is 4.94. The average Bonchev–Trinajstić information content (AvgIpc) is 2.75. The minimum absolute atomic E-state index is 0.176. The van der Waals surface area contributed by atoms with Crippen molar-refractivity contribution in [3.8, 4) is 0 Å². The molecule has 1 N–H and O–H groups in total. The maximum absolute atomic E-state index is 13.4. The summed E-state index contributed by atoms with van der Waals surface area (Å²) in [5.74, 6) is -0.714. The van der Waals surface area contributed by atoms with Crippen molar-refractivity contribution in [2.45, 2.75) is 22.6 Å². The van der Waals surface area contributed by atoms with Crippen molar-refractivity contribution in [3.05, 3.63) is 83.1 Å². The van der Waals surface area contributed by atoms with E-state index in [1.54, 1.807) is 42.5 Å². The van der Waals surface area contributed by atoms with E-state index in [2.05, 4.69) is 4.72 Å². The molecule has 0 aromatic heterocycles. The summed E-state index contributed by atoms with van der Waals surface area (Å²) in [6.45, 7) is 0.337. The van der Waals surface area contributed by atoms with Crippen molar-refractivity contribution in [1.29, 1.82) is 0 Å². The molecule has 4 rings (SSSR count). The Bertz CT molecular complexity index is 1350. The molecule has 10 heteroatoms. The first-order valence-corrected chi connectivity index (χ1v) is 12.7. The van der Waals surface area contributed by atoms with Crippen LogP contribution in [0.2, 0.25) is 5.02 Å². The zero-order chi connectivity index (χ0) is 22.2. The number of aryl methyl sites for hydroxylation is 1. The number of rotatable bonds is 5. The number of hydrogen-bond acceptors (Lipinski definition) is 4. The van der Waals surface area contributed by atoms with Gasteiger partial charge < -0.3 is 0 Å². The van der Waals surface area contributed by atoms with Crippen LogP contribution in [0.5, 0.6) is 0 Å². The van der Waals surface area contributed by atoms with Gasteiger partial charge in [-0.25, -0.2) is 21.2 Å². The molecular formula is C21H18ClFN2O4S2. The minimum atomic E-state index is -4.00. The van der Waals surface area contributed by atoms with E-state index in [0.29, 0.717) is 30.6 Å². The van der Waals surface area contributed by atoms with Gasteiger partial charge in [0.25, 0.3) is 20.0 Å². The lowest BCUT2D eigenvalue weighted by Crippen LogP contribution is -2.35. The third kappa shape index (κ3) is 4.26. The van der Waals surface area contributed by atoms with Gasteiger partial charge in [-0.1, -0.05) is 29.8 Å². The molecule has 3 aromatic carbocycles. The van der Waals surface area contributed by atoms with E-state index in [4.69, 9.17) is 11.6 Å². The summed E-state index contributed by atoms with van der Waals surface area (Å²) in [4.78, 5) is 0.0192. The van der Waals surface area contributed by atoms with E-state index in [1.807, 2.05) is 0 Å². The largest absolute Gasteiger partial charge is 0.280 e. The highest BCUT2D eigenvalue weighted by Crippen LogP contribution is 2.34. The fourth-order valence-electron chi connectivity index (χ4n) is 3.45. The molecule has 1 heterocycles. The summed E-state index contributed by atoms with van der Waals surface area (Å²) in [5, 5.41) is -0.296. The Hall–Kier alpha value is -2.62. The van der Waals surface area contributed by atoms with Crippen LogP contribution in [-0.2, 0) is 26.5 Å². The van der Waals surface area contributed by atoms with Crippen LogP contribution in [-0.4, -0.2) is 23.4 Å². The zero-order valence-electron chi connectivity index (χ0n) is 16.1. The van der Waals surface area contributed by atoms with E-state index in [9.17, 15) is 21.2 Å². The molecule has 162 valence electrons. The van der Waals surface area contributed by atoms with Crippen molar-refractivity contribution >= 4 is 43.0 Å². The lowest BCUT2D eigenvalue weighted by atomic mass is 10.0. The first-order valence-electron chi connectivity index (χ1n) is 9.37. The summed E-state index contributed by atoms with van der Waals surface area (Å²) in [6.07, 6.45) is 1.21. The molecule has 1 aliphatic rings. The van der Waals surface area contributed by atoms with E-state index in [0.717, 1.165) is 18.2 Å². The van der Waals surface area contributed by atoms with Crippen LogP contribution in [0.15, 0.2) is 76.5 Å². The molecule has 3 aromatic rings. The SMILES string of the molecule is O=S(=O)(Nc1ccc2c(c1)CCCN2S(=O)(=O)c1ccccc1)c1ccc(F)c(Cl)c1. The third-order valence-corrected chi connectivity index (χ3v) is 8.44.